The van der Waals surface area contributed by atoms with Crippen LogP contribution in [0, 0.1) is 0 Å². The summed E-state index contributed by atoms with van der Waals surface area (Å²) in [7, 11) is 0.174. The summed E-state index contributed by atoms with van der Waals surface area (Å²) in [6, 6.07) is 0.163. The molecule has 2 N–H and O–H groups in total. The molecular weight excluding hydrogens is 335 g/mol. The van der Waals surface area contributed by atoms with Crippen LogP contribution in [0.15, 0.2) is 11.0 Å². The van der Waals surface area contributed by atoms with E-state index in [-0.39, 0.29) is 6.07 Å². The summed E-state index contributed by atoms with van der Waals surface area (Å²) in [6.07, 6.45) is -8.53. The Bertz CT molecular complexity index is 605. The molecule has 1 rings (SSSR count). The van der Waals surface area contributed by atoms with Gasteiger partial charge in [-0.15, -0.1) is 13.2 Å². The van der Waals surface area contributed by atoms with Gasteiger partial charge in [0.2, 0.25) is 5.88 Å². The van der Waals surface area contributed by atoms with Gasteiger partial charge in [0, 0.05) is 23.3 Å². The highest BCUT2D eigenvalue weighted by Crippen LogP contribution is 2.34. The summed E-state index contributed by atoms with van der Waals surface area (Å²) in [5.74, 6) is -1.25. The molecule has 0 spiro atoms. The SMILES string of the molecule is NCc1nc(OC(F)(F)F)cc(S(=O)(=O)Cl)c1C(F)F. The molecular formula is C8H6ClF5N2O3S. The fourth-order valence-electron chi connectivity index (χ4n) is 1.32. The van der Waals surface area contributed by atoms with Gasteiger partial charge in [-0.25, -0.2) is 22.2 Å². The zero-order chi connectivity index (χ0) is 15.7. The van der Waals surface area contributed by atoms with E-state index in [0.29, 0.717) is 0 Å². The lowest BCUT2D eigenvalue weighted by molar-refractivity contribution is -0.276. The maximum Gasteiger partial charge on any atom is 0.574 e. The topological polar surface area (TPSA) is 82.3 Å². The van der Waals surface area contributed by atoms with Gasteiger partial charge >= 0.3 is 6.36 Å². The molecule has 0 amide bonds. The van der Waals surface area contributed by atoms with Crippen molar-refractivity contribution in [2.45, 2.75) is 24.2 Å². The Morgan fingerprint density at radius 2 is 1.95 bits per heavy atom. The normalized spacial score (nSPS) is 12.8. The van der Waals surface area contributed by atoms with Crippen LogP contribution in [0.25, 0.3) is 0 Å². The molecule has 1 aromatic rings. The number of nitrogens with two attached hydrogens (primary N) is 1. The smallest absolute Gasteiger partial charge is 0.388 e. The van der Waals surface area contributed by atoms with E-state index < -0.39 is 50.4 Å². The van der Waals surface area contributed by atoms with Gasteiger partial charge in [-0.2, -0.15) is 0 Å². The number of rotatable bonds is 4. The van der Waals surface area contributed by atoms with Crippen molar-refractivity contribution in [3.63, 3.8) is 0 Å². The van der Waals surface area contributed by atoms with Gasteiger partial charge in [0.15, 0.2) is 0 Å². The highest BCUT2D eigenvalue weighted by atomic mass is 35.7. The Kier molecular flexibility index (Phi) is 4.77. The maximum atomic E-state index is 12.8. The average molecular weight is 341 g/mol. The first kappa shape index (κ1) is 16.9. The largest absolute Gasteiger partial charge is 0.574 e. The first-order chi connectivity index (χ1) is 8.95. The van der Waals surface area contributed by atoms with E-state index >= 15 is 0 Å². The molecule has 0 fully saturated rings. The highest BCUT2D eigenvalue weighted by molar-refractivity contribution is 8.13. The van der Waals surface area contributed by atoms with E-state index in [2.05, 4.69) is 9.72 Å². The van der Waals surface area contributed by atoms with Crippen LogP contribution in [0.3, 0.4) is 0 Å². The number of nitrogens with zero attached hydrogens (tertiary/aromatic N) is 1. The van der Waals surface area contributed by atoms with Crippen LogP contribution in [0.2, 0.25) is 0 Å². The Hall–Kier alpha value is -1.20. The van der Waals surface area contributed by atoms with Crippen molar-refractivity contribution in [2.75, 3.05) is 0 Å². The van der Waals surface area contributed by atoms with Crippen molar-refractivity contribution >= 4 is 19.7 Å². The molecule has 12 heteroatoms. The van der Waals surface area contributed by atoms with Crippen LogP contribution in [-0.2, 0) is 15.6 Å². The molecule has 0 radical (unpaired) electrons. The molecule has 1 heterocycles. The monoisotopic (exact) mass is 340 g/mol. The van der Waals surface area contributed by atoms with Crippen LogP contribution in [0.1, 0.15) is 17.7 Å². The zero-order valence-corrected chi connectivity index (χ0v) is 10.9. The van der Waals surface area contributed by atoms with Crippen LogP contribution < -0.4 is 10.5 Å². The number of hydrogen-bond acceptors (Lipinski definition) is 5. The number of pyridine rings is 1. The minimum Gasteiger partial charge on any atom is -0.388 e. The Balaban J connectivity index is 3.57. The minimum atomic E-state index is -5.18. The third-order valence-corrected chi connectivity index (χ3v) is 3.33. The predicted molar refractivity (Wildman–Crippen MR) is 56.8 cm³/mol. The van der Waals surface area contributed by atoms with Gasteiger partial charge in [0.25, 0.3) is 15.5 Å². The first-order valence-electron chi connectivity index (χ1n) is 4.68. The van der Waals surface area contributed by atoms with Gasteiger partial charge in [-0.1, -0.05) is 0 Å². The van der Waals surface area contributed by atoms with Crippen molar-refractivity contribution in [1.29, 1.82) is 0 Å². The fourth-order valence-corrected chi connectivity index (χ4v) is 2.41. The fraction of sp³-hybridized carbons (Fsp3) is 0.375. The number of alkyl halides is 5. The molecule has 114 valence electrons. The quantitative estimate of drug-likeness (QED) is 0.672. The van der Waals surface area contributed by atoms with E-state index in [9.17, 15) is 30.4 Å². The van der Waals surface area contributed by atoms with Gasteiger partial charge in [-0.3, -0.25) is 0 Å². The Morgan fingerprint density at radius 1 is 1.40 bits per heavy atom. The summed E-state index contributed by atoms with van der Waals surface area (Å²) in [6.45, 7) is -0.728. The first-order valence-corrected chi connectivity index (χ1v) is 6.99. The summed E-state index contributed by atoms with van der Waals surface area (Å²) < 4.78 is 87.4. The molecule has 0 unspecified atom stereocenters. The Labute approximate surface area is 113 Å². The summed E-state index contributed by atoms with van der Waals surface area (Å²) in [4.78, 5) is 1.87. The van der Waals surface area contributed by atoms with Crippen LogP contribution in [0.5, 0.6) is 5.88 Å². The second-order valence-corrected chi connectivity index (χ2v) is 5.84. The van der Waals surface area contributed by atoms with Gasteiger partial charge < -0.3 is 10.5 Å². The van der Waals surface area contributed by atoms with Gasteiger partial charge in [0.05, 0.1) is 16.2 Å². The molecule has 5 nitrogen and oxygen atoms in total. The van der Waals surface area contributed by atoms with E-state index in [1.807, 2.05) is 0 Å². The molecule has 0 bridgehead atoms. The van der Waals surface area contributed by atoms with Gasteiger partial charge in [-0.05, 0) is 0 Å². The molecule has 0 aliphatic rings. The number of aromatic nitrogens is 1. The third-order valence-electron chi connectivity index (χ3n) is 1.97. The molecule has 1 aromatic heterocycles. The number of hydrogen-bond donors (Lipinski definition) is 1. The van der Waals surface area contributed by atoms with E-state index in [1.165, 1.54) is 0 Å². The molecule has 0 aliphatic carbocycles. The minimum absolute atomic E-state index is 0.163. The second-order valence-electron chi connectivity index (χ2n) is 3.31. The molecule has 0 aliphatic heterocycles. The van der Waals surface area contributed by atoms with Crippen molar-refractivity contribution in [2.24, 2.45) is 5.73 Å². The van der Waals surface area contributed by atoms with E-state index in [1.54, 1.807) is 0 Å². The molecule has 20 heavy (non-hydrogen) atoms. The lowest BCUT2D eigenvalue weighted by Crippen LogP contribution is -2.20. The van der Waals surface area contributed by atoms with Crippen LogP contribution in [-0.4, -0.2) is 19.8 Å². The third kappa shape index (κ3) is 4.15. The predicted octanol–water partition coefficient (Wildman–Crippen LogP) is 2.30. The van der Waals surface area contributed by atoms with Crippen LogP contribution in [0.4, 0.5) is 22.0 Å². The van der Waals surface area contributed by atoms with Gasteiger partial charge in [0.1, 0.15) is 0 Å². The van der Waals surface area contributed by atoms with E-state index in [4.69, 9.17) is 16.4 Å². The summed E-state index contributed by atoms with van der Waals surface area (Å²) >= 11 is 0. The van der Waals surface area contributed by atoms with Crippen molar-refractivity contribution < 1.29 is 35.1 Å². The lowest BCUT2D eigenvalue weighted by atomic mass is 10.2. The van der Waals surface area contributed by atoms with Crippen molar-refractivity contribution in [1.82, 2.24) is 4.98 Å². The number of ether oxygens (including phenoxy) is 1. The van der Waals surface area contributed by atoms with Crippen molar-refractivity contribution in [3.05, 3.63) is 17.3 Å². The van der Waals surface area contributed by atoms with Crippen LogP contribution >= 0.6 is 10.7 Å². The average Bonchev–Trinajstić information content (AvgIpc) is 2.23. The molecule has 0 saturated carbocycles. The maximum absolute atomic E-state index is 12.8. The lowest BCUT2D eigenvalue weighted by Gasteiger charge is -2.14. The summed E-state index contributed by atoms with van der Waals surface area (Å²) in [5, 5.41) is 0. The molecule has 0 saturated heterocycles. The molecule has 0 atom stereocenters. The second kappa shape index (κ2) is 5.66. The Morgan fingerprint density at radius 3 is 2.30 bits per heavy atom. The molecule has 0 aromatic carbocycles. The number of halogens is 6. The highest BCUT2D eigenvalue weighted by Gasteiger charge is 2.34. The zero-order valence-electron chi connectivity index (χ0n) is 9.29. The summed E-state index contributed by atoms with van der Waals surface area (Å²) in [5.41, 5.74) is 3.14. The standard InChI is InChI=1S/C8H6ClF5N2O3S/c9-20(17,18)4-1-5(19-8(12,13)14)16-3(2-15)6(4)7(10)11/h1,7H,2,15H2. The van der Waals surface area contributed by atoms with Crippen molar-refractivity contribution in [3.8, 4) is 5.88 Å². The van der Waals surface area contributed by atoms with E-state index in [0.717, 1.165) is 0 Å².